The van der Waals surface area contributed by atoms with E-state index in [1.165, 1.54) is 0 Å². The van der Waals surface area contributed by atoms with Crippen molar-refractivity contribution >= 4 is 17.5 Å². The summed E-state index contributed by atoms with van der Waals surface area (Å²) in [5.74, 6) is -0.500. The number of carbonyl (C=O) groups is 2. The maximum absolute atomic E-state index is 12.2. The van der Waals surface area contributed by atoms with Crippen molar-refractivity contribution in [2.45, 2.75) is 26.8 Å². The van der Waals surface area contributed by atoms with Crippen LogP contribution in [0, 0.1) is 13.8 Å². The molecule has 2 N–H and O–H groups in total. The average molecular weight is 296 g/mol. The van der Waals surface area contributed by atoms with E-state index in [-0.39, 0.29) is 11.8 Å². The maximum atomic E-state index is 12.2. The Labute approximate surface area is 130 Å². The first-order valence-corrected chi connectivity index (χ1v) is 7.21. The van der Waals surface area contributed by atoms with Crippen molar-refractivity contribution in [2.75, 3.05) is 5.32 Å². The Balaban J connectivity index is 1.99. The third-order valence-corrected chi connectivity index (χ3v) is 3.42. The molecule has 2 aromatic carbocycles. The summed E-state index contributed by atoms with van der Waals surface area (Å²) in [6.45, 7) is 5.61. The van der Waals surface area contributed by atoms with Gasteiger partial charge in [-0.05, 0) is 44.5 Å². The van der Waals surface area contributed by atoms with Gasteiger partial charge in [-0.15, -0.1) is 0 Å². The highest BCUT2D eigenvalue weighted by Gasteiger charge is 2.17. The van der Waals surface area contributed by atoms with E-state index in [0.717, 1.165) is 16.8 Å². The monoisotopic (exact) mass is 296 g/mol. The molecule has 2 rings (SSSR count). The molecule has 0 aromatic heterocycles. The van der Waals surface area contributed by atoms with Crippen LogP contribution >= 0.6 is 0 Å². The van der Waals surface area contributed by atoms with Gasteiger partial charge in [0.2, 0.25) is 5.91 Å². The lowest BCUT2D eigenvalue weighted by Gasteiger charge is -2.15. The number of hydrogen-bond acceptors (Lipinski definition) is 2. The number of hydrogen-bond donors (Lipinski definition) is 2. The number of rotatable bonds is 4. The number of carbonyl (C=O) groups excluding carboxylic acids is 2. The van der Waals surface area contributed by atoms with Crippen LogP contribution in [0.1, 0.15) is 28.4 Å². The molecule has 1 atom stereocenters. The van der Waals surface area contributed by atoms with Crippen molar-refractivity contribution in [3.05, 3.63) is 65.2 Å². The first-order valence-electron chi connectivity index (χ1n) is 7.21. The SMILES string of the molecule is Cc1ccc(NC(=O)[C@H](C)NC(=O)c2ccccc2)c(C)c1. The normalized spacial score (nSPS) is 11.6. The Morgan fingerprint density at radius 1 is 1.00 bits per heavy atom. The molecule has 0 aliphatic carbocycles. The summed E-state index contributed by atoms with van der Waals surface area (Å²) in [6.07, 6.45) is 0. The van der Waals surface area contributed by atoms with Gasteiger partial charge in [0, 0.05) is 11.3 Å². The lowest BCUT2D eigenvalue weighted by atomic mass is 10.1. The molecule has 0 radical (unpaired) electrons. The standard InChI is InChI=1S/C18H20N2O2/c1-12-9-10-16(13(2)11-12)20-17(21)14(3)19-18(22)15-7-5-4-6-8-15/h4-11,14H,1-3H3,(H,19,22)(H,20,21)/t14-/m0/s1. The Kier molecular flexibility index (Phi) is 4.94. The van der Waals surface area contributed by atoms with E-state index in [1.54, 1.807) is 31.2 Å². The molecule has 0 unspecified atom stereocenters. The zero-order valence-electron chi connectivity index (χ0n) is 13.0. The fourth-order valence-corrected chi connectivity index (χ4v) is 2.13. The van der Waals surface area contributed by atoms with Gasteiger partial charge in [0.05, 0.1) is 0 Å². The summed E-state index contributed by atoms with van der Waals surface area (Å²) in [4.78, 5) is 24.2. The number of aryl methyl sites for hydroxylation is 2. The van der Waals surface area contributed by atoms with Gasteiger partial charge in [0.15, 0.2) is 0 Å². The van der Waals surface area contributed by atoms with Crippen LogP contribution in [-0.4, -0.2) is 17.9 Å². The van der Waals surface area contributed by atoms with E-state index in [9.17, 15) is 9.59 Å². The Bertz CT molecular complexity index is 681. The van der Waals surface area contributed by atoms with Crippen LogP contribution in [0.3, 0.4) is 0 Å². The number of benzene rings is 2. The second kappa shape index (κ2) is 6.89. The van der Waals surface area contributed by atoms with Gasteiger partial charge < -0.3 is 10.6 Å². The van der Waals surface area contributed by atoms with Crippen LogP contribution in [0.5, 0.6) is 0 Å². The van der Waals surface area contributed by atoms with Crippen LogP contribution in [0.25, 0.3) is 0 Å². The lowest BCUT2D eigenvalue weighted by Crippen LogP contribution is -2.41. The molecule has 4 nitrogen and oxygen atoms in total. The molecular weight excluding hydrogens is 276 g/mol. The Hall–Kier alpha value is -2.62. The molecule has 0 bridgehead atoms. The minimum atomic E-state index is -0.617. The maximum Gasteiger partial charge on any atom is 0.251 e. The van der Waals surface area contributed by atoms with E-state index in [2.05, 4.69) is 10.6 Å². The van der Waals surface area contributed by atoms with Crippen LogP contribution in [-0.2, 0) is 4.79 Å². The number of amides is 2. The van der Waals surface area contributed by atoms with Crippen molar-refractivity contribution < 1.29 is 9.59 Å². The Morgan fingerprint density at radius 2 is 1.68 bits per heavy atom. The summed E-state index contributed by atoms with van der Waals surface area (Å²) in [5, 5.41) is 5.54. The predicted molar refractivity (Wildman–Crippen MR) is 87.9 cm³/mol. The summed E-state index contributed by atoms with van der Waals surface area (Å²) < 4.78 is 0. The largest absolute Gasteiger partial charge is 0.341 e. The molecule has 114 valence electrons. The van der Waals surface area contributed by atoms with Gasteiger partial charge in [0.1, 0.15) is 6.04 Å². The zero-order chi connectivity index (χ0) is 16.1. The molecule has 0 saturated heterocycles. The van der Waals surface area contributed by atoms with Crippen LogP contribution in [0.15, 0.2) is 48.5 Å². The molecule has 0 spiro atoms. The van der Waals surface area contributed by atoms with E-state index in [4.69, 9.17) is 0 Å². The first-order chi connectivity index (χ1) is 10.5. The van der Waals surface area contributed by atoms with Crippen molar-refractivity contribution in [1.82, 2.24) is 5.32 Å². The summed E-state index contributed by atoms with van der Waals surface area (Å²) in [6, 6.07) is 14.0. The first kappa shape index (κ1) is 15.8. The van der Waals surface area contributed by atoms with E-state index in [0.29, 0.717) is 5.56 Å². The molecule has 0 aliphatic rings. The van der Waals surface area contributed by atoms with Gasteiger partial charge in [-0.2, -0.15) is 0 Å². The molecule has 0 aliphatic heterocycles. The molecule has 2 amide bonds. The van der Waals surface area contributed by atoms with Crippen LogP contribution in [0.4, 0.5) is 5.69 Å². The molecule has 0 saturated carbocycles. The van der Waals surface area contributed by atoms with Crippen molar-refractivity contribution in [3.8, 4) is 0 Å². The highest BCUT2D eigenvalue weighted by atomic mass is 16.2. The number of anilines is 1. The van der Waals surface area contributed by atoms with Gasteiger partial charge in [-0.25, -0.2) is 0 Å². The molecule has 22 heavy (non-hydrogen) atoms. The molecular formula is C18H20N2O2. The fraction of sp³-hybridized carbons (Fsp3) is 0.222. The van der Waals surface area contributed by atoms with Gasteiger partial charge in [-0.3, -0.25) is 9.59 Å². The predicted octanol–water partition coefficient (Wildman–Crippen LogP) is 3.06. The molecule has 0 fully saturated rings. The molecule has 4 heteroatoms. The second-order valence-electron chi connectivity index (χ2n) is 5.37. The molecule has 2 aromatic rings. The van der Waals surface area contributed by atoms with Gasteiger partial charge >= 0.3 is 0 Å². The van der Waals surface area contributed by atoms with Crippen molar-refractivity contribution in [3.63, 3.8) is 0 Å². The lowest BCUT2D eigenvalue weighted by molar-refractivity contribution is -0.117. The Morgan fingerprint density at radius 3 is 2.32 bits per heavy atom. The van der Waals surface area contributed by atoms with Crippen molar-refractivity contribution in [2.24, 2.45) is 0 Å². The summed E-state index contributed by atoms with van der Waals surface area (Å²) >= 11 is 0. The minimum absolute atomic E-state index is 0.240. The van der Waals surface area contributed by atoms with E-state index >= 15 is 0 Å². The quantitative estimate of drug-likeness (QED) is 0.911. The topological polar surface area (TPSA) is 58.2 Å². The average Bonchev–Trinajstić information content (AvgIpc) is 2.50. The third kappa shape index (κ3) is 3.95. The molecule has 0 heterocycles. The highest BCUT2D eigenvalue weighted by Crippen LogP contribution is 2.16. The van der Waals surface area contributed by atoms with Crippen LogP contribution in [0.2, 0.25) is 0 Å². The van der Waals surface area contributed by atoms with E-state index in [1.807, 2.05) is 38.1 Å². The van der Waals surface area contributed by atoms with E-state index < -0.39 is 6.04 Å². The smallest absolute Gasteiger partial charge is 0.251 e. The second-order valence-corrected chi connectivity index (χ2v) is 5.37. The zero-order valence-corrected chi connectivity index (χ0v) is 13.0. The highest BCUT2D eigenvalue weighted by molar-refractivity contribution is 6.01. The van der Waals surface area contributed by atoms with Crippen LogP contribution < -0.4 is 10.6 Å². The fourth-order valence-electron chi connectivity index (χ4n) is 2.13. The van der Waals surface area contributed by atoms with Gasteiger partial charge in [-0.1, -0.05) is 35.9 Å². The number of nitrogens with one attached hydrogen (secondary N) is 2. The summed E-state index contributed by atoms with van der Waals surface area (Å²) in [5.41, 5.74) is 3.43. The van der Waals surface area contributed by atoms with Crippen molar-refractivity contribution in [1.29, 1.82) is 0 Å². The summed E-state index contributed by atoms with van der Waals surface area (Å²) in [7, 11) is 0. The van der Waals surface area contributed by atoms with Gasteiger partial charge in [0.25, 0.3) is 5.91 Å². The third-order valence-electron chi connectivity index (χ3n) is 3.42. The minimum Gasteiger partial charge on any atom is -0.341 e.